The number of halogens is 2. The highest BCUT2D eigenvalue weighted by Gasteiger charge is 2.08. The predicted molar refractivity (Wildman–Crippen MR) is 63.5 cm³/mol. The molecule has 1 rings (SSSR count). The van der Waals surface area contributed by atoms with Crippen molar-refractivity contribution in [3.05, 3.63) is 27.7 Å². The third-order valence-corrected chi connectivity index (χ3v) is 2.72. The molecule has 0 unspecified atom stereocenters. The molecule has 0 fully saturated rings. The van der Waals surface area contributed by atoms with Crippen molar-refractivity contribution >= 4 is 23.2 Å². The summed E-state index contributed by atoms with van der Waals surface area (Å²) < 4.78 is 5.06. The fourth-order valence-electron chi connectivity index (χ4n) is 1.20. The summed E-state index contributed by atoms with van der Waals surface area (Å²) in [4.78, 5) is 1.93. The van der Waals surface area contributed by atoms with Crippen molar-refractivity contribution in [2.24, 2.45) is 5.73 Å². The molecule has 0 aliphatic heterocycles. The largest absolute Gasteiger partial charge is 0.495 e. The first-order valence-corrected chi connectivity index (χ1v) is 5.24. The minimum atomic E-state index is 0.472. The number of hydrogen-bond acceptors (Lipinski definition) is 3. The van der Waals surface area contributed by atoms with Crippen LogP contribution in [0.2, 0.25) is 10.0 Å². The van der Waals surface area contributed by atoms with Gasteiger partial charge in [-0.15, -0.1) is 0 Å². The second-order valence-corrected chi connectivity index (χ2v) is 4.09. The number of rotatable bonds is 4. The van der Waals surface area contributed by atoms with E-state index >= 15 is 0 Å². The van der Waals surface area contributed by atoms with Gasteiger partial charge in [-0.2, -0.15) is 0 Å². The van der Waals surface area contributed by atoms with Crippen LogP contribution in [-0.4, -0.2) is 25.7 Å². The van der Waals surface area contributed by atoms with E-state index in [4.69, 9.17) is 33.7 Å². The molecule has 1 aromatic carbocycles. The molecule has 0 aromatic heterocycles. The fraction of sp³-hybridized carbons (Fsp3) is 0.400. The van der Waals surface area contributed by atoms with Gasteiger partial charge in [0, 0.05) is 24.3 Å². The first-order chi connectivity index (χ1) is 7.08. The van der Waals surface area contributed by atoms with Crippen LogP contribution in [0.3, 0.4) is 0 Å². The van der Waals surface area contributed by atoms with Gasteiger partial charge in [0.1, 0.15) is 5.75 Å². The van der Waals surface area contributed by atoms with Gasteiger partial charge in [-0.3, -0.25) is 4.90 Å². The summed E-state index contributed by atoms with van der Waals surface area (Å²) in [6.07, 6.45) is 0. The summed E-state index contributed by atoms with van der Waals surface area (Å²) in [6, 6.07) is 3.51. The van der Waals surface area contributed by atoms with Crippen LogP contribution in [0.1, 0.15) is 5.56 Å². The number of nitrogens with zero attached hydrogens (tertiary/aromatic N) is 1. The maximum atomic E-state index is 6.08. The van der Waals surface area contributed by atoms with Crippen LogP contribution in [0.25, 0.3) is 0 Å². The SMILES string of the molecule is COc1cc(Cl)c(CN(C)CN)cc1Cl. The topological polar surface area (TPSA) is 38.5 Å². The Labute approximate surface area is 99.7 Å². The number of methoxy groups -OCH3 is 1. The van der Waals surface area contributed by atoms with Gasteiger partial charge in [0.15, 0.2) is 0 Å². The highest BCUT2D eigenvalue weighted by Crippen LogP contribution is 2.31. The average molecular weight is 249 g/mol. The molecular weight excluding hydrogens is 235 g/mol. The molecule has 0 bridgehead atoms. The zero-order valence-corrected chi connectivity index (χ0v) is 10.3. The third-order valence-electron chi connectivity index (χ3n) is 2.07. The zero-order valence-electron chi connectivity index (χ0n) is 8.76. The predicted octanol–water partition coefficient (Wildman–Crippen LogP) is 2.35. The van der Waals surface area contributed by atoms with Gasteiger partial charge in [-0.05, 0) is 18.7 Å². The Bertz CT molecular complexity index is 344. The van der Waals surface area contributed by atoms with E-state index in [0.29, 0.717) is 29.0 Å². The Balaban J connectivity index is 2.95. The lowest BCUT2D eigenvalue weighted by Gasteiger charge is -2.15. The zero-order chi connectivity index (χ0) is 11.4. The average Bonchev–Trinajstić information content (AvgIpc) is 2.22. The van der Waals surface area contributed by atoms with Crippen LogP contribution in [0.4, 0.5) is 0 Å². The smallest absolute Gasteiger partial charge is 0.138 e. The highest BCUT2D eigenvalue weighted by atomic mass is 35.5. The molecule has 0 radical (unpaired) electrons. The molecular formula is C10H14Cl2N2O. The van der Waals surface area contributed by atoms with E-state index in [1.807, 2.05) is 11.9 Å². The fourth-order valence-corrected chi connectivity index (χ4v) is 1.68. The van der Waals surface area contributed by atoms with Crippen molar-refractivity contribution < 1.29 is 4.74 Å². The van der Waals surface area contributed by atoms with Gasteiger partial charge in [-0.1, -0.05) is 23.2 Å². The molecule has 5 heteroatoms. The maximum Gasteiger partial charge on any atom is 0.138 e. The van der Waals surface area contributed by atoms with Gasteiger partial charge in [0.05, 0.1) is 12.1 Å². The molecule has 0 heterocycles. The van der Waals surface area contributed by atoms with Crippen LogP contribution in [-0.2, 0) is 6.54 Å². The number of benzene rings is 1. The Hall–Kier alpha value is -0.480. The molecule has 0 spiro atoms. The van der Waals surface area contributed by atoms with Gasteiger partial charge in [0.2, 0.25) is 0 Å². The Morgan fingerprint density at radius 1 is 1.33 bits per heavy atom. The van der Waals surface area contributed by atoms with Crippen molar-refractivity contribution in [3.63, 3.8) is 0 Å². The third kappa shape index (κ3) is 3.24. The van der Waals surface area contributed by atoms with Crippen molar-refractivity contribution in [1.29, 1.82) is 0 Å². The molecule has 0 saturated carbocycles. The van der Waals surface area contributed by atoms with E-state index in [9.17, 15) is 0 Å². The molecule has 0 aliphatic rings. The van der Waals surface area contributed by atoms with Crippen molar-refractivity contribution in [2.75, 3.05) is 20.8 Å². The quantitative estimate of drug-likeness (QED) is 0.832. The first-order valence-electron chi connectivity index (χ1n) is 4.49. The maximum absolute atomic E-state index is 6.08. The van der Waals surface area contributed by atoms with Crippen molar-refractivity contribution in [1.82, 2.24) is 4.90 Å². The van der Waals surface area contributed by atoms with Crippen LogP contribution >= 0.6 is 23.2 Å². The van der Waals surface area contributed by atoms with Crippen molar-refractivity contribution in [2.45, 2.75) is 6.54 Å². The van der Waals surface area contributed by atoms with Gasteiger partial charge in [0.25, 0.3) is 0 Å². The monoisotopic (exact) mass is 248 g/mol. The summed E-state index contributed by atoms with van der Waals surface area (Å²) >= 11 is 12.1. The van der Waals surface area contributed by atoms with Gasteiger partial charge < -0.3 is 10.5 Å². The lowest BCUT2D eigenvalue weighted by atomic mass is 10.2. The van der Waals surface area contributed by atoms with E-state index in [-0.39, 0.29) is 0 Å². The molecule has 0 saturated heterocycles. The van der Waals surface area contributed by atoms with E-state index in [1.54, 1.807) is 19.2 Å². The second kappa shape index (κ2) is 5.56. The molecule has 0 aliphatic carbocycles. The molecule has 2 N–H and O–H groups in total. The summed E-state index contributed by atoms with van der Waals surface area (Å²) in [5, 5.41) is 1.19. The van der Waals surface area contributed by atoms with Crippen LogP contribution in [0, 0.1) is 0 Å². The molecule has 84 valence electrons. The number of ether oxygens (including phenoxy) is 1. The highest BCUT2D eigenvalue weighted by molar-refractivity contribution is 6.34. The van der Waals surface area contributed by atoms with Crippen LogP contribution in [0.15, 0.2) is 12.1 Å². The minimum Gasteiger partial charge on any atom is -0.495 e. The molecule has 15 heavy (non-hydrogen) atoms. The summed E-state index contributed by atoms with van der Waals surface area (Å²) in [5.41, 5.74) is 6.43. The Morgan fingerprint density at radius 3 is 2.53 bits per heavy atom. The molecule has 0 atom stereocenters. The second-order valence-electron chi connectivity index (χ2n) is 3.27. The molecule has 0 amide bonds. The lowest BCUT2D eigenvalue weighted by molar-refractivity contribution is 0.337. The van der Waals surface area contributed by atoms with Gasteiger partial charge >= 0.3 is 0 Å². The van der Waals surface area contributed by atoms with Crippen LogP contribution in [0.5, 0.6) is 5.75 Å². The van der Waals surface area contributed by atoms with E-state index in [0.717, 1.165) is 5.56 Å². The number of nitrogens with two attached hydrogens (primary N) is 1. The Morgan fingerprint density at radius 2 is 2.00 bits per heavy atom. The minimum absolute atomic E-state index is 0.472. The summed E-state index contributed by atoms with van der Waals surface area (Å²) in [7, 11) is 3.47. The summed E-state index contributed by atoms with van der Waals surface area (Å²) in [5.74, 6) is 0.584. The summed E-state index contributed by atoms with van der Waals surface area (Å²) in [6.45, 7) is 1.14. The van der Waals surface area contributed by atoms with Crippen molar-refractivity contribution in [3.8, 4) is 5.75 Å². The van der Waals surface area contributed by atoms with Gasteiger partial charge in [-0.25, -0.2) is 0 Å². The van der Waals surface area contributed by atoms with Crippen LogP contribution < -0.4 is 10.5 Å². The molecule has 1 aromatic rings. The normalized spacial score (nSPS) is 10.8. The number of hydrogen-bond donors (Lipinski definition) is 1. The first kappa shape index (κ1) is 12.6. The molecule has 3 nitrogen and oxygen atoms in total. The standard InChI is InChI=1S/C10H14Cl2N2O/c1-14(6-13)5-7-3-9(12)10(15-2)4-8(7)11/h3-4H,5-6,13H2,1-2H3. The van der Waals surface area contributed by atoms with E-state index in [1.165, 1.54) is 0 Å². The van der Waals surface area contributed by atoms with E-state index < -0.39 is 0 Å². The van der Waals surface area contributed by atoms with E-state index in [2.05, 4.69) is 0 Å². The lowest BCUT2D eigenvalue weighted by Crippen LogP contribution is -2.25. The Kier molecular flexibility index (Phi) is 4.67.